The van der Waals surface area contributed by atoms with Gasteiger partial charge in [-0.3, -0.25) is 4.79 Å². The molecule has 0 bridgehead atoms. The van der Waals surface area contributed by atoms with E-state index in [0.29, 0.717) is 19.1 Å². The third-order valence-corrected chi connectivity index (χ3v) is 3.30. The Morgan fingerprint density at radius 1 is 1.20 bits per heavy atom. The zero-order chi connectivity index (χ0) is 14.6. The van der Waals surface area contributed by atoms with Crippen molar-refractivity contribution < 1.29 is 9.53 Å². The predicted molar refractivity (Wildman–Crippen MR) is 82.6 cm³/mol. The van der Waals surface area contributed by atoms with Crippen molar-refractivity contribution in [3.05, 3.63) is 35.9 Å². The van der Waals surface area contributed by atoms with E-state index in [0.717, 1.165) is 19.4 Å². The quantitative estimate of drug-likeness (QED) is 0.521. The van der Waals surface area contributed by atoms with Gasteiger partial charge in [-0.15, -0.1) is 0 Å². The molecular weight excluding hydrogens is 250 g/mol. The molecule has 1 aromatic carbocycles. The van der Waals surface area contributed by atoms with Crippen molar-refractivity contribution in [1.82, 2.24) is 5.32 Å². The largest absolute Gasteiger partial charge is 0.466 e. The van der Waals surface area contributed by atoms with Gasteiger partial charge in [-0.2, -0.15) is 0 Å². The van der Waals surface area contributed by atoms with Gasteiger partial charge in [0.2, 0.25) is 0 Å². The van der Waals surface area contributed by atoms with Gasteiger partial charge in [-0.1, -0.05) is 50.1 Å². The third-order valence-electron chi connectivity index (χ3n) is 3.30. The second-order valence-corrected chi connectivity index (χ2v) is 4.97. The zero-order valence-corrected chi connectivity index (χ0v) is 12.7. The highest BCUT2D eigenvalue weighted by Crippen LogP contribution is 2.19. The van der Waals surface area contributed by atoms with Crippen LogP contribution in [0.4, 0.5) is 0 Å². The molecule has 0 spiro atoms. The van der Waals surface area contributed by atoms with Crippen LogP contribution in [0, 0.1) is 0 Å². The molecule has 112 valence electrons. The van der Waals surface area contributed by atoms with Crippen LogP contribution in [0.25, 0.3) is 0 Å². The fourth-order valence-corrected chi connectivity index (χ4v) is 2.22. The number of hydrogen-bond acceptors (Lipinski definition) is 3. The highest BCUT2D eigenvalue weighted by atomic mass is 16.5. The van der Waals surface area contributed by atoms with Crippen molar-refractivity contribution in [2.24, 2.45) is 0 Å². The number of benzene rings is 1. The zero-order valence-electron chi connectivity index (χ0n) is 12.7. The van der Waals surface area contributed by atoms with Gasteiger partial charge in [-0.05, 0) is 31.9 Å². The third kappa shape index (κ3) is 6.71. The van der Waals surface area contributed by atoms with Crippen LogP contribution in [0.2, 0.25) is 0 Å². The molecule has 1 N–H and O–H groups in total. The van der Waals surface area contributed by atoms with Crippen LogP contribution in [0.1, 0.15) is 57.6 Å². The molecule has 0 aromatic heterocycles. The number of esters is 1. The first kappa shape index (κ1) is 16.7. The summed E-state index contributed by atoms with van der Waals surface area (Å²) in [5.41, 5.74) is 1.33. The average molecular weight is 277 g/mol. The lowest BCUT2D eigenvalue weighted by atomic mass is 10.0. The number of ether oxygens (including phenoxy) is 1. The lowest BCUT2D eigenvalue weighted by Gasteiger charge is -2.19. The summed E-state index contributed by atoms with van der Waals surface area (Å²) in [5, 5.41) is 3.56. The highest BCUT2D eigenvalue weighted by Gasteiger charge is 2.10. The van der Waals surface area contributed by atoms with Crippen molar-refractivity contribution in [2.75, 3.05) is 13.2 Å². The Kier molecular flexibility index (Phi) is 8.72. The van der Waals surface area contributed by atoms with Gasteiger partial charge in [-0.25, -0.2) is 0 Å². The standard InChI is InChI=1S/C17H27NO2/c1-3-5-12-16(15-10-7-6-8-11-15)18-14-9-13-17(19)20-4-2/h6-8,10-11,16,18H,3-5,9,12-14H2,1-2H3. The minimum atomic E-state index is -0.0980. The lowest BCUT2D eigenvalue weighted by molar-refractivity contribution is -0.143. The number of unbranched alkanes of at least 4 members (excludes halogenated alkanes) is 1. The summed E-state index contributed by atoms with van der Waals surface area (Å²) >= 11 is 0. The number of hydrogen-bond donors (Lipinski definition) is 1. The maximum absolute atomic E-state index is 11.3. The second kappa shape index (κ2) is 10.4. The predicted octanol–water partition coefficient (Wildman–Crippen LogP) is 3.85. The van der Waals surface area contributed by atoms with E-state index in [9.17, 15) is 4.79 Å². The number of rotatable bonds is 10. The Morgan fingerprint density at radius 2 is 1.95 bits per heavy atom. The molecule has 1 aromatic rings. The van der Waals surface area contributed by atoms with E-state index >= 15 is 0 Å². The molecule has 1 unspecified atom stereocenters. The average Bonchev–Trinajstić information content (AvgIpc) is 2.47. The summed E-state index contributed by atoms with van der Waals surface area (Å²) in [6.07, 6.45) is 4.88. The topological polar surface area (TPSA) is 38.3 Å². The van der Waals surface area contributed by atoms with Crippen LogP contribution < -0.4 is 5.32 Å². The monoisotopic (exact) mass is 277 g/mol. The minimum absolute atomic E-state index is 0.0980. The summed E-state index contributed by atoms with van der Waals surface area (Å²) in [7, 11) is 0. The maximum Gasteiger partial charge on any atom is 0.305 e. The molecule has 0 saturated heterocycles. The molecule has 0 amide bonds. The van der Waals surface area contributed by atoms with E-state index in [1.54, 1.807) is 0 Å². The molecule has 0 aliphatic rings. The van der Waals surface area contributed by atoms with Crippen LogP contribution in [0.15, 0.2) is 30.3 Å². The summed E-state index contributed by atoms with van der Waals surface area (Å²) in [5.74, 6) is -0.0980. The van der Waals surface area contributed by atoms with Crippen LogP contribution in [0.3, 0.4) is 0 Å². The van der Waals surface area contributed by atoms with Crippen molar-refractivity contribution >= 4 is 5.97 Å². The Bertz CT molecular complexity index is 365. The highest BCUT2D eigenvalue weighted by molar-refractivity contribution is 5.69. The van der Waals surface area contributed by atoms with Crippen molar-refractivity contribution in [3.8, 4) is 0 Å². The molecule has 1 rings (SSSR count). The van der Waals surface area contributed by atoms with Gasteiger partial charge < -0.3 is 10.1 Å². The first-order valence-corrected chi connectivity index (χ1v) is 7.71. The summed E-state index contributed by atoms with van der Waals surface area (Å²) < 4.78 is 4.93. The number of carbonyl (C=O) groups excluding carboxylic acids is 1. The number of carbonyl (C=O) groups is 1. The number of nitrogens with one attached hydrogen (secondary N) is 1. The molecule has 20 heavy (non-hydrogen) atoms. The van der Waals surface area contributed by atoms with Gasteiger partial charge in [0.15, 0.2) is 0 Å². The van der Waals surface area contributed by atoms with Crippen LogP contribution in [0.5, 0.6) is 0 Å². The van der Waals surface area contributed by atoms with Gasteiger partial charge in [0, 0.05) is 12.5 Å². The van der Waals surface area contributed by atoms with Crippen LogP contribution in [-0.2, 0) is 9.53 Å². The Hall–Kier alpha value is -1.35. The van der Waals surface area contributed by atoms with Crippen molar-refractivity contribution in [1.29, 1.82) is 0 Å². The van der Waals surface area contributed by atoms with Gasteiger partial charge in [0.1, 0.15) is 0 Å². The first-order valence-electron chi connectivity index (χ1n) is 7.71. The molecule has 3 heteroatoms. The fraction of sp³-hybridized carbons (Fsp3) is 0.588. The van der Waals surface area contributed by atoms with E-state index in [2.05, 4.69) is 36.5 Å². The SMILES string of the molecule is CCCCC(NCCCC(=O)OCC)c1ccccc1. The maximum atomic E-state index is 11.3. The van der Waals surface area contributed by atoms with Gasteiger partial charge in [0.05, 0.1) is 6.61 Å². The fourth-order valence-electron chi connectivity index (χ4n) is 2.22. The van der Waals surface area contributed by atoms with E-state index in [1.807, 2.05) is 13.0 Å². The molecule has 3 nitrogen and oxygen atoms in total. The molecule has 0 aliphatic carbocycles. The van der Waals surface area contributed by atoms with Crippen molar-refractivity contribution in [2.45, 2.75) is 52.0 Å². The molecule has 0 heterocycles. The molecule has 0 aliphatic heterocycles. The summed E-state index contributed by atoms with van der Waals surface area (Å²) in [4.78, 5) is 11.3. The van der Waals surface area contributed by atoms with Gasteiger partial charge >= 0.3 is 5.97 Å². The van der Waals surface area contributed by atoms with E-state index in [1.165, 1.54) is 18.4 Å². The second-order valence-electron chi connectivity index (χ2n) is 4.97. The lowest BCUT2D eigenvalue weighted by Crippen LogP contribution is -2.23. The minimum Gasteiger partial charge on any atom is -0.466 e. The molecule has 0 radical (unpaired) electrons. The van der Waals surface area contributed by atoms with E-state index < -0.39 is 0 Å². The molecule has 0 fully saturated rings. The smallest absolute Gasteiger partial charge is 0.305 e. The van der Waals surface area contributed by atoms with Crippen LogP contribution >= 0.6 is 0 Å². The summed E-state index contributed by atoms with van der Waals surface area (Å²) in [6, 6.07) is 10.9. The first-order chi connectivity index (χ1) is 9.77. The molecular formula is C17H27NO2. The van der Waals surface area contributed by atoms with Crippen molar-refractivity contribution in [3.63, 3.8) is 0 Å². The van der Waals surface area contributed by atoms with Gasteiger partial charge in [0.25, 0.3) is 0 Å². The van der Waals surface area contributed by atoms with Crippen LogP contribution in [-0.4, -0.2) is 19.1 Å². The Labute approximate surface area is 122 Å². The molecule has 0 saturated carbocycles. The Morgan fingerprint density at radius 3 is 2.60 bits per heavy atom. The van der Waals surface area contributed by atoms with E-state index in [4.69, 9.17) is 4.74 Å². The Balaban J connectivity index is 2.36. The summed E-state index contributed by atoms with van der Waals surface area (Å²) in [6.45, 7) is 5.37. The van der Waals surface area contributed by atoms with E-state index in [-0.39, 0.29) is 5.97 Å². The normalized spacial score (nSPS) is 12.1. The molecule has 1 atom stereocenters.